The van der Waals surface area contributed by atoms with Crippen molar-refractivity contribution in [2.75, 3.05) is 13.1 Å². The van der Waals surface area contributed by atoms with Crippen molar-refractivity contribution >= 4 is 0 Å². The molecule has 1 aliphatic heterocycles. The van der Waals surface area contributed by atoms with Crippen LogP contribution in [0.25, 0.3) is 0 Å². The first-order valence-corrected chi connectivity index (χ1v) is 6.18. The van der Waals surface area contributed by atoms with E-state index in [-0.39, 0.29) is 0 Å². The average Bonchev–Trinajstić information content (AvgIpc) is 2.31. The van der Waals surface area contributed by atoms with Crippen LogP contribution in [-0.2, 0) is 6.42 Å². The molecule has 1 saturated heterocycles. The van der Waals surface area contributed by atoms with E-state index >= 15 is 0 Å². The van der Waals surface area contributed by atoms with Crippen molar-refractivity contribution in [2.45, 2.75) is 38.6 Å². The van der Waals surface area contributed by atoms with Crippen LogP contribution in [-0.4, -0.2) is 24.0 Å². The van der Waals surface area contributed by atoms with Gasteiger partial charge in [-0.05, 0) is 37.9 Å². The summed E-state index contributed by atoms with van der Waals surface area (Å²) in [6.45, 7) is 4.79. The topological polar surface area (TPSA) is 3.24 Å². The van der Waals surface area contributed by atoms with Gasteiger partial charge in [-0.25, -0.2) is 0 Å². The number of benzene rings is 1. The third kappa shape index (κ3) is 2.82. The number of nitrogens with zero attached hydrogens (tertiary/aromatic N) is 1. The maximum absolute atomic E-state index is 2.64. The second-order valence-electron chi connectivity index (χ2n) is 4.47. The zero-order valence-corrected chi connectivity index (χ0v) is 9.65. The summed E-state index contributed by atoms with van der Waals surface area (Å²) in [6.07, 6.45) is 5.41. The van der Waals surface area contributed by atoms with Crippen LogP contribution in [0.4, 0.5) is 0 Å². The largest absolute Gasteiger partial charge is 0.300 e. The maximum atomic E-state index is 2.64. The van der Waals surface area contributed by atoms with Gasteiger partial charge in [0.15, 0.2) is 0 Å². The van der Waals surface area contributed by atoms with Gasteiger partial charge < -0.3 is 4.90 Å². The molecule has 1 aromatic rings. The minimum absolute atomic E-state index is 0.783. The summed E-state index contributed by atoms with van der Waals surface area (Å²) in [6, 6.07) is 11.7. The van der Waals surface area contributed by atoms with Gasteiger partial charge in [0.2, 0.25) is 0 Å². The van der Waals surface area contributed by atoms with E-state index in [1.54, 1.807) is 0 Å². The van der Waals surface area contributed by atoms with Crippen LogP contribution in [0.15, 0.2) is 30.3 Å². The van der Waals surface area contributed by atoms with Crippen molar-refractivity contribution in [3.8, 4) is 0 Å². The monoisotopic (exact) mass is 203 g/mol. The summed E-state index contributed by atoms with van der Waals surface area (Å²) in [5, 5.41) is 0. The highest BCUT2D eigenvalue weighted by Gasteiger charge is 2.20. The molecule has 0 radical (unpaired) electrons. The third-order valence-corrected chi connectivity index (χ3v) is 3.47. The van der Waals surface area contributed by atoms with E-state index in [4.69, 9.17) is 0 Å². The Bertz CT molecular complexity index is 281. The molecule has 2 rings (SSSR count). The summed E-state index contributed by atoms with van der Waals surface area (Å²) in [5.41, 5.74) is 1.49. The molecule has 0 bridgehead atoms. The number of rotatable bonds is 3. The van der Waals surface area contributed by atoms with Crippen LogP contribution in [0.2, 0.25) is 0 Å². The molecule has 0 aromatic heterocycles. The van der Waals surface area contributed by atoms with Crippen LogP contribution in [0, 0.1) is 0 Å². The first-order valence-electron chi connectivity index (χ1n) is 6.18. The summed E-state index contributed by atoms with van der Waals surface area (Å²) in [4.78, 5) is 2.64. The normalized spacial score (nSPS) is 22.9. The Morgan fingerprint density at radius 1 is 1.20 bits per heavy atom. The van der Waals surface area contributed by atoms with Crippen molar-refractivity contribution in [1.29, 1.82) is 0 Å². The molecule has 82 valence electrons. The number of likely N-dealkylation sites (N-methyl/N-ethyl adjacent to an activating group) is 1. The number of hydrogen-bond donors (Lipinski definition) is 0. The lowest BCUT2D eigenvalue weighted by Crippen LogP contribution is -2.40. The van der Waals surface area contributed by atoms with Crippen molar-refractivity contribution in [3.05, 3.63) is 35.9 Å². The molecule has 15 heavy (non-hydrogen) atoms. The summed E-state index contributed by atoms with van der Waals surface area (Å²) in [7, 11) is 0. The zero-order chi connectivity index (χ0) is 10.5. The van der Waals surface area contributed by atoms with Crippen LogP contribution in [0.3, 0.4) is 0 Å². The number of piperidine rings is 1. The first-order chi connectivity index (χ1) is 7.40. The molecule has 1 nitrogen and oxygen atoms in total. The predicted molar refractivity (Wildman–Crippen MR) is 65.0 cm³/mol. The van der Waals surface area contributed by atoms with Crippen molar-refractivity contribution in [1.82, 2.24) is 4.90 Å². The lowest BCUT2D eigenvalue weighted by Gasteiger charge is -2.35. The molecule has 1 heteroatoms. The molecule has 1 heterocycles. The van der Waals surface area contributed by atoms with Crippen molar-refractivity contribution in [3.63, 3.8) is 0 Å². The van der Waals surface area contributed by atoms with Crippen LogP contribution in [0.1, 0.15) is 31.7 Å². The van der Waals surface area contributed by atoms with E-state index in [2.05, 4.69) is 42.2 Å². The molecule has 0 saturated carbocycles. The molecule has 0 amide bonds. The lowest BCUT2D eigenvalue weighted by molar-refractivity contribution is 0.155. The summed E-state index contributed by atoms with van der Waals surface area (Å²) >= 11 is 0. The molecule has 1 atom stereocenters. The molecule has 0 spiro atoms. The molecule has 1 aromatic carbocycles. The van der Waals surface area contributed by atoms with E-state index < -0.39 is 0 Å². The molecule has 0 N–H and O–H groups in total. The number of hydrogen-bond acceptors (Lipinski definition) is 1. The zero-order valence-electron chi connectivity index (χ0n) is 9.65. The Kier molecular flexibility index (Phi) is 3.79. The smallest absolute Gasteiger partial charge is 0.0135 e. The fraction of sp³-hybridized carbons (Fsp3) is 0.571. The molecule has 0 aliphatic carbocycles. The van der Waals surface area contributed by atoms with Gasteiger partial charge in [0.05, 0.1) is 0 Å². The van der Waals surface area contributed by atoms with Crippen LogP contribution >= 0.6 is 0 Å². The van der Waals surface area contributed by atoms with Gasteiger partial charge in [-0.1, -0.05) is 43.7 Å². The quantitative estimate of drug-likeness (QED) is 0.729. The van der Waals surface area contributed by atoms with Crippen molar-refractivity contribution in [2.24, 2.45) is 0 Å². The van der Waals surface area contributed by atoms with Gasteiger partial charge >= 0.3 is 0 Å². The maximum Gasteiger partial charge on any atom is 0.0135 e. The van der Waals surface area contributed by atoms with Gasteiger partial charge in [-0.3, -0.25) is 0 Å². The third-order valence-electron chi connectivity index (χ3n) is 3.47. The van der Waals surface area contributed by atoms with Crippen LogP contribution in [0.5, 0.6) is 0 Å². The Balaban J connectivity index is 1.97. The summed E-state index contributed by atoms with van der Waals surface area (Å²) in [5.74, 6) is 0. The second kappa shape index (κ2) is 5.32. The fourth-order valence-electron chi connectivity index (χ4n) is 2.59. The van der Waals surface area contributed by atoms with E-state index in [9.17, 15) is 0 Å². The molecular weight excluding hydrogens is 182 g/mol. The van der Waals surface area contributed by atoms with Gasteiger partial charge in [-0.15, -0.1) is 0 Å². The lowest BCUT2D eigenvalue weighted by atomic mass is 9.96. The van der Waals surface area contributed by atoms with Crippen LogP contribution < -0.4 is 0 Å². The minimum atomic E-state index is 0.783. The standard InChI is InChI=1S/C14H21N/c1-2-15-11-7-6-10-14(15)12-13-8-4-3-5-9-13/h3-5,8-9,14H,2,6-7,10-12H2,1H3. The summed E-state index contributed by atoms with van der Waals surface area (Å²) < 4.78 is 0. The van der Waals surface area contributed by atoms with Crippen molar-refractivity contribution < 1.29 is 0 Å². The molecular formula is C14H21N. The van der Waals surface area contributed by atoms with Gasteiger partial charge in [0.25, 0.3) is 0 Å². The minimum Gasteiger partial charge on any atom is -0.300 e. The highest BCUT2D eigenvalue weighted by Crippen LogP contribution is 2.20. The highest BCUT2D eigenvalue weighted by atomic mass is 15.2. The predicted octanol–water partition coefficient (Wildman–Crippen LogP) is 3.10. The Morgan fingerprint density at radius 2 is 2.00 bits per heavy atom. The molecule has 1 unspecified atom stereocenters. The van der Waals surface area contributed by atoms with E-state index in [1.807, 2.05) is 0 Å². The van der Waals surface area contributed by atoms with Gasteiger partial charge in [0, 0.05) is 6.04 Å². The Hall–Kier alpha value is -0.820. The average molecular weight is 203 g/mol. The first kappa shape index (κ1) is 10.7. The van der Waals surface area contributed by atoms with E-state index in [1.165, 1.54) is 44.3 Å². The molecule has 1 aliphatic rings. The Labute approximate surface area is 93.1 Å². The van der Waals surface area contributed by atoms with E-state index in [0.29, 0.717) is 0 Å². The highest BCUT2D eigenvalue weighted by molar-refractivity contribution is 5.16. The van der Waals surface area contributed by atoms with Gasteiger partial charge in [-0.2, -0.15) is 0 Å². The van der Waals surface area contributed by atoms with E-state index in [0.717, 1.165) is 6.04 Å². The SMILES string of the molecule is CCN1CCCCC1Cc1ccccc1. The second-order valence-corrected chi connectivity index (χ2v) is 4.47. The molecule has 1 fully saturated rings. The van der Waals surface area contributed by atoms with Gasteiger partial charge in [0.1, 0.15) is 0 Å². The number of likely N-dealkylation sites (tertiary alicyclic amines) is 1. The fourth-order valence-corrected chi connectivity index (χ4v) is 2.59. The Morgan fingerprint density at radius 3 is 2.73 bits per heavy atom.